The standard InChI is InChI=1S/C15H13Cl2NO3/c1-20-13-5-3-4-10(14(13)21-2)15(19)18-9-6-7-11(16)12(17)8-9/h3-8H,1-2H3,(H,18,19). The molecule has 0 saturated heterocycles. The van der Waals surface area contributed by atoms with E-state index in [9.17, 15) is 4.79 Å². The van der Waals surface area contributed by atoms with Crippen molar-refractivity contribution in [2.75, 3.05) is 19.5 Å². The maximum absolute atomic E-state index is 12.3. The van der Waals surface area contributed by atoms with Gasteiger partial charge in [0.05, 0.1) is 29.8 Å². The summed E-state index contributed by atoms with van der Waals surface area (Å²) in [6.07, 6.45) is 0. The van der Waals surface area contributed by atoms with Crippen LogP contribution in [0.5, 0.6) is 11.5 Å². The van der Waals surface area contributed by atoms with Gasteiger partial charge in [-0.1, -0.05) is 29.3 Å². The van der Waals surface area contributed by atoms with Crippen LogP contribution >= 0.6 is 23.2 Å². The molecule has 0 bridgehead atoms. The number of para-hydroxylation sites is 1. The maximum Gasteiger partial charge on any atom is 0.259 e. The van der Waals surface area contributed by atoms with Gasteiger partial charge in [0.25, 0.3) is 5.91 Å². The van der Waals surface area contributed by atoms with E-state index in [-0.39, 0.29) is 5.91 Å². The molecule has 0 unspecified atom stereocenters. The SMILES string of the molecule is COc1cccc(C(=O)Nc2ccc(Cl)c(Cl)c2)c1OC. The van der Waals surface area contributed by atoms with Crippen molar-refractivity contribution in [2.24, 2.45) is 0 Å². The van der Waals surface area contributed by atoms with Crippen LogP contribution in [-0.4, -0.2) is 20.1 Å². The van der Waals surface area contributed by atoms with Crippen molar-refractivity contribution in [3.8, 4) is 11.5 Å². The number of amides is 1. The summed E-state index contributed by atoms with van der Waals surface area (Å²) in [5.41, 5.74) is 0.905. The number of carbonyl (C=O) groups excluding carboxylic acids is 1. The van der Waals surface area contributed by atoms with E-state index in [2.05, 4.69) is 5.32 Å². The van der Waals surface area contributed by atoms with Crippen LogP contribution in [0.1, 0.15) is 10.4 Å². The Morgan fingerprint density at radius 3 is 2.43 bits per heavy atom. The summed E-state index contributed by atoms with van der Waals surface area (Å²) in [4.78, 5) is 12.3. The number of benzene rings is 2. The number of hydrogen-bond donors (Lipinski definition) is 1. The summed E-state index contributed by atoms with van der Waals surface area (Å²) in [7, 11) is 2.99. The van der Waals surface area contributed by atoms with Crippen LogP contribution in [0.15, 0.2) is 36.4 Å². The van der Waals surface area contributed by atoms with Crippen LogP contribution in [0.2, 0.25) is 10.0 Å². The van der Waals surface area contributed by atoms with Gasteiger partial charge in [0.1, 0.15) is 0 Å². The third-order valence-corrected chi connectivity index (χ3v) is 3.56. The Morgan fingerprint density at radius 1 is 1.05 bits per heavy atom. The zero-order chi connectivity index (χ0) is 15.4. The molecule has 2 aromatic rings. The summed E-state index contributed by atoms with van der Waals surface area (Å²) in [5, 5.41) is 3.53. The third kappa shape index (κ3) is 3.40. The normalized spacial score (nSPS) is 10.1. The van der Waals surface area contributed by atoms with E-state index in [1.54, 1.807) is 36.4 Å². The molecule has 110 valence electrons. The minimum Gasteiger partial charge on any atom is -0.493 e. The number of methoxy groups -OCH3 is 2. The minimum atomic E-state index is -0.330. The molecule has 0 fully saturated rings. The summed E-state index contributed by atoms with van der Waals surface area (Å²) < 4.78 is 10.4. The Hall–Kier alpha value is -1.91. The molecule has 4 nitrogen and oxygen atoms in total. The quantitative estimate of drug-likeness (QED) is 0.913. The summed E-state index contributed by atoms with van der Waals surface area (Å²) in [5.74, 6) is 0.529. The Labute approximate surface area is 132 Å². The second-order valence-corrected chi connectivity index (χ2v) is 4.94. The number of rotatable bonds is 4. The van der Waals surface area contributed by atoms with Crippen LogP contribution in [-0.2, 0) is 0 Å². The molecule has 0 atom stereocenters. The first kappa shape index (κ1) is 15.5. The van der Waals surface area contributed by atoms with E-state index in [0.717, 1.165) is 0 Å². The Morgan fingerprint density at radius 2 is 1.81 bits per heavy atom. The number of nitrogens with one attached hydrogen (secondary N) is 1. The van der Waals surface area contributed by atoms with E-state index >= 15 is 0 Å². The lowest BCUT2D eigenvalue weighted by atomic mass is 10.1. The lowest BCUT2D eigenvalue weighted by Gasteiger charge is -2.12. The van der Waals surface area contributed by atoms with Crippen LogP contribution in [0.3, 0.4) is 0 Å². The summed E-state index contributed by atoms with van der Waals surface area (Å²) >= 11 is 11.8. The zero-order valence-corrected chi connectivity index (χ0v) is 13.0. The molecular weight excluding hydrogens is 313 g/mol. The summed E-state index contributed by atoms with van der Waals surface area (Å²) in [6, 6.07) is 9.93. The van der Waals surface area contributed by atoms with E-state index in [1.165, 1.54) is 14.2 Å². The van der Waals surface area contributed by atoms with Gasteiger partial charge in [-0.2, -0.15) is 0 Å². The number of hydrogen-bond acceptors (Lipinski definition) is 3. The predicted molar refractivity (Wildman–Crippen MR) is 84.0 cm³/mol. The Balaban J connectivity index is 2.30. The molecule has 0 spiro atoms. The maximum atomic E-state index is 12.3. The molecule has 1 N–H and O–H groups in total. The summed E-state index contributed by atoms with van der Waals surface area (Å²) in [6.45, 7) is 0. The molecular formula is C15H13Cl2NO3. The molecule has 0 aliphatic carbocycles. The largest absolute Gasteiger partial charge is 0.493 e. The average Bonchev–Trinajstić information content (AvgIpc) is 2.49. The monoisotopic (exact) mass is 325 g/mol. The highest BCUT2D eigenvalue weighted by Crippen LogP contribution is 2.31. The molecule has 1 amide bonds. The smallest absolute Gasteiger partial charge is 0.259 e. The first-order chi connectivity index (χ1) is 10.1. The fraction of sp³-hybridized carbons (Fsp3) is 0.133. The first-order valence-electron chi connectivity index (χ1n) is 6.04. The van der Waals surface area contributed by atoms with Crippen molar-refractivity contribution in [1.29, 1.82) is 0 Å². The Kier molecular flexibility index (Phi) is 4.94. The number of ether oxygens (including phenoxy) is 2. The molecule has 0 radical (unpaired) electrons. The molecule has 21 heavy (non-hydrogen) atoms. The van der Waals surface area contributed by atoms with Crippen molar-refractivity contribution < 1.29 is 14.3 Å². The van der Waals surface area contributed by atoms with Gasteiger partial charge in [0, 0.05) is 5.69 Å². The molecule has 0 aromatic heterocycles. The van der Waals surface area contributed by atoms with Gasteiger partial charge >= 0.3 is 0 Å². The fourth-order valence-electron chi connectivity index (χ4n) is 1.84. The van der Waals surface area contributed by atoms with Crippen LogP contribution in [0, 0.1) is 0 Å². The molecule has 0 saturated carbocycles. The number of anilines is 1. The fourth-order valence-corrected chi connectivity index (χ4v) is 2.14. The third-order valence-electron chi connectivity index (χ3n) is 2.83. The Bertz CT molecular complexity index is 674. The highest BCUT2D eigenvalue weighted by atomic mass is 35.5. The minimum absolute atomic E-state index is 0.330. The van der Waals surface area contributed by atoms with Crippen molar-refractivity contribution in [1.82, 2.24) is 0 Å². The molecule has 2 rings (SSSR count). The molecule has 6 heteroatoms. The van der Waals surface area contributed by atoms with Gasteiger partial charge in [-0.3, -0.25) is 4.79 Å². The van der Waals surface area contributed by atoms with Crippen LogP contribution < -0.4 is 14.8 Å². The van der Waals surface area contributed by atoms with Gasteiger partial charge in [0.15, 0.2) is 11.5 Å². The zero-order valence-electron chi connectivity index (χ0n) is 11.4. The lowest BCUT2D eigenvalue weighted by Crippen LogP contribution is -2.13. The van der Waals surface area contributed by atoms with E-state index in [1.807, 2.05) is 0 Å². The molecule has 2 aromatic carbocycles. The predicted octanol–water partition coefficient (Wildman–Crippen LogP) is 4.26. The van der Waals surface area contributed by atoms with Gasteiger partial charge < -0.3 is 14.8 Å². The van der Waals surface area contributed by atoms with Gasteiger partial charge in [0.2, 0.25) is 0 Å². The topological polar surface area (TPSA) is 47.6 Å². The van der Waals surface area contributed by atoms with Gasteiger partial charge in [-0.25, -0.2) is 0 Å². The van der Waals surface area contributed by atoms with Crippen LogP contribution in [0.25, 0.3) is 0 Å². The van der Waals surface area contributed by atoms with Gasteiger partial charge in [-0.05, 0) is 30.3 Å². The van der Waals surface area contributed by atoms with Crippen molar-refractivity contribution >= 4 is 34.8 Å². The van der Waals surface area contributed by atoms with Crippen molar-refractivity contribution in [3.63, 3.8) is 0 Å². The number of carbonyl (C=O) groups is 1. The van der Waals surface area contributed by atoms with E-state index in [4.69, 9.17) is 32.7 Å². The van der Waals surface area contributed by atoms with Crippen molar-refractivity contribution in [2.45, 2.75) is 0 Å². The second-order valence-electron chi connectivity index (χ2n) is 4.12. The number of halogens is 2. The first-order valence-corrected chi connectivity index (χ1v) is 6.79. The average molecular weight is 326 g/mol. The van der Waals surface area contributed by atoms with E-state index < -0.39 is 0 Å². The van der Waals surface area contributed by atoms with Crippen molar-refractivity contribution in [3.05, 3.63) is 52.0 Å². The van der Waals surface area contributed by atoms with E-state index in [0.29, 0.717) is 32.8 Å². The molecule has 0 heterocycles. The highest BCUT2D eigenvalue weighted by Gasteiger charge is 2.16. The highest BCUT2D eigenvalue weighted by molar-refractivity contribution is 6.42. The van der Waals surface area contributed by atoms with Crippen LogP contribution in [0.4, 0.5) is 5.69 Å². The molecule has 0 aliphatic rings. The molecule has 0 aliphatic heterocycles. The lowest BCUT2D eigenvalue weighted by molar-refractivity contribution is 0.102. The second kappa shape index (κ2) is 6.70. The van der Waals surface area contributed by atoms with Gasteiger partial charge in [-0.15, -0.1) is 0 Å².